The number of phenols is 1. The molecule has 1 saturated heterocycles. The number of aliphatic hydroxyl groups excluding tert-OH is 2. The Hall–Kier alpha value is -6.32. The first-order chi connectivity index (χ1) is 46.8. The first-order valence-corrected chi connectivity index (χ1v) is 37.3. The van der Waals surface area contributed by atoms with Crippen molar-refractivity contribution >= 4 is 26.9 Å². The molecule has 13 nitrogen and oxygen atoms in total. The Morgan fingerprint density at radius 1 is 0.827 bits per heavy atom. The predicted molar refractivity (Wildman–Crippen MR) is 379 cm³/mol. The topological polar surface area (TPSA) is 233 Å². The van der Waals surface area contributed by atoms with Gasteiger partial charge in [-0.25, -0.2) is 13.4 Å². The van der Waals surface area contributed by atoms with Gasteiger partial charge in [0.15, 0.2) is 5.96 Å². The number of aryl methyl sites for hydroxylation is 2. The molecule has 1 spiro atoms. The largest absolute Gasteiger partial charge is 1.00 e. The molecule has 506 valence electrons. The minimum absolute atomic E-state index is 0. The minimum Gasteiger partial charge on any atom is -0.748 e. The van der Waals surface area contributed by atoms with Crippen LogP contribution in [0.4, 0.5) is 0 Å². The number of rotatable bonds is 11. The van der Waals surface area contributed by atoms with Gasteiger partial charge < -0.3 is 51.2 Å². The fraction of sp³-hybridized carbons (Fsp3) is 0.458. The van der Waals surface area contributed by atoms with Crippen molar-refractivity contribution in [2.45, 2.75) is 188 Å². The number of ether oxygens (including phenoxy) is 2. The molecule has 5 aliphatic carbocycles. The molecule has 15 heteroatoms. The van der Waals surface area contributed by atoms with E-state index in [9.17, 15) is 33.4 Å². The zero-order valence-electron chi connectivity index (χ0n) is 57.0. The predicted octanol–water partition coefficient (Wildman–Crippen LogP) is 10.6. The summed E-state index contributed by atoms with van der Waals surface area (Å²) in [7, 11) is -2.99. The van der Waals surface area contributed by atoms with E-state index in [-0.39, 0.29) is 102 Å². The quantitative estimate of drug-likeness (QED) is 0.0160. The molecule has 7 aromatic carbocycles. The fourth-order valence-electron chi connectivity index (χ4n) is 20.2. The Bertz CT molecular complexity index is 4370. The van der Waals surface area contributed by atoms with E-state index >= 15 is 0 Å². The standard InChI is InChI=1S/C83H94N4O9S.Na/c1-50-17-18-58-39-66-26-30-69(58)73(50)43-77(97(92,93)94)75-41-60-37-59(40-67-34-52(48-88)13-10-15-56-38-65(89)25-29-72(56)79(60)95-67)78(75)53-19-23-63(24-20-53)83(96-66,87-80(84)85)46-64(33-51-11-4-3-5-12-51)82(91)45-62(44-81(49-82)31-8-9-32-81)54-21-28-71-57(35-54)22-27-70-61(47-86-2)36-55-14-6-7-16-68(55)74(70)42-76(71)90;/h3-7,11-12,14,16,19-21,23-26,28-30,35-36,38-39,41,50,52,59,62,64,67,73,75-79,86,88-91H,8-9,13,17-18,22,27,31-34,37,40,42-49H2,1-2H3,(H4,84,85,87)(H,92,93,94);/q;+1/p-1/t50-,52+,59-,62-,64-,67-,73+,75-,76+,77-,78+,79-,82-,83-;/m1./s1. The Balaban J connectivity index is 0.00000821. The van der Waals surface area contributed by atoms with Crippen molar-refractivity contribution in [2.75, 3.05) is 13.7 Å². The van der Waals surface area contributed by atoms with Gasteiger partial charge in [-0.05, 0) is 252 Å². The van der Waals surface area contributed by atoms with E-state index in [2.05, 4.69) is 127 Å². The van der Waals surface area contributed by atoms with Crippen LogP contribution in [0.25, 0.3) is 10.8 Å². The third kappa shape index (κ3) is 13.5. The van der Waals surface area contributed by atoms with Crippen LogP contribution in [0.3, 0.4) is 0 Å². The smallest absolute Gasteiger partial charge is 0.748 e. The molecule has 9 N–H and O–H groups in total. The first kappa shape index (κ1) is 68.8. The number of fused-ring (bicyclic) bond motifs is 12. The Labute approximate surface area is 600 Å². The van der Waals surface area contributed by atoms with Gasteiger partial charge in [0.05, 0.1) is 33.2 Å². The van der Waals surface area contributed by atoms with Crippen LogP contribution >= 0.6 is 0 Å². The Morgan fingerprint density at radius 3 is 2.36 bits per heavy atom. The summed E-state index contributed by atoms with van der Waals surface area (Å²) < 4.78 is 58.5. The summed E-state index contributed by atoms with van der Waals surface area (Å²) in [4.78, 5) is 5.31. The summed E-state index contributed by atoms with van der Waals surface area (Å²) in [5, 5.41) is 53.0. The molecule has 17 rings (SSSR count). The number of aliphatic hydroxyl groups is 3. The molecule has 0 unspecified atom stereocenters. The SMILES string of the molecule is CNCc1cc2ccccc2c2c1CCc1cc([C@@H]3CC4(CCCC4)C[C@@](O)([C@H](Cc4ccccc4)C[C@@]4(N=C(N)N)Oc5ccc6c(c5)CC[C@@H](C)[C@@H]6C[C@@H](S(=O)(=O)[O-])[C@H]5C=C6C[C@H](C[C@H]7C[C@@H](CO)CC#Cc8cc(O)ccc8[C@@H]6O7)[C@@H]5c5ccc4cc5)C3)ccc1[C@@H](O)C2.[Na+]. The van der Waals surface area contributed by atoms with Crippen molar-refractivity contribution in [3.8, 4) is 23.3 Å². The van der Waals surface area contributed by atoms with Crippen molar-refractivity contribution < 1.29 is 72.4 Å². The molecule has 0 amide bonds. The fourth-order valence-corrected chi connectivity index (χ4v) is 21.2. The maximum atomic E-state index is 14.6. The number of nitrogens with one attached hydrogen (secondary N) is 1. The normalized spacial score (nSPS) is 29.5. The maximum Gasteiger partial charge on any atom is 1.00 e. The van der Waals surface area contributed by atoms with E-state index in [1.165, 1.54) is 33.0 Å². The third-order valence-corrected chi connectivity index (χ3v) is 25.8. The molecule has 3 fully saturated rings. The van der Waals surface area contributed by atoms with E-state index in [1.807, 2.05) is 37.4 Å². The second-order valence-electron chi connectivity index (χ2n) is 30.6. The Kier molecular flexibility index (Phi) is 19.6. The van der Waals surface area contributed by atoms with Crippen molar-refractivity contribution in [1.29, 1.82) is 0 Å². The molecule has 5 aliphatic heterocycles. The molecule has 2 saturated carbocycles. The van der Waals surface area contributed by atoms with Crippen LogP contribution in [-0.4, -0.2) is 70.0 Å². The van der Waals surface area contributed by atoms with Gasteiger partial charge in [-0.15, -0.1) is 0 Å². The van der Waals surface area contributed by atoms with Crippen molar-refractivity contribution in [1.82, 2.24) is 5.32 Å². The molecule has 14 atom stereocenters. The Morgan fingerprint density at radius 2 is 1.58 bits per heavy atom. The first-order valence-electron chi connectivity index (χ1n) is 35.8. The van der Waals surface area contributed by atoms with Crippen LogP contribution in [-0.2, 0) is 59.2 Å². The van der Waals surface area contributed by atoms with Crippen LogP contribution < -0.4 is 51.1 Å². The van der Waals surface area contributed by atoms with Gasteiger partial charge in [-0.3, -0.25) is 0 Å². The number of allylic oxidation sites excluding steroid dienone is 1. The monoisotopic (exact) mass is 1340 g/mol. The summed E-state index contributed by atoms with van der Waals surface area (Å²) in [6.07, 6.45) is 13.0. The number of nitrogens with zero attached hydrogens (tertiary/aromatic N) is 1. The van der Waals surface area contributed by atoms with Gasteiger partial charge in [0.1, 0.15) is 17.6 Å². The maximum absolute atomic E-state index is 14.6. The van der Waals surface area contributed by atoms with Gasteiger partial charge in [0, 0.05) is 49.1 Å². The number of nitrogens with two attached hydrogens (primary N) is 2. The number of benzene rings is 7. The van der Waals surface area contributed by atoms with Crippen LogP contribution in [0, 0.1) is 46.8 Å². The molecule has 0 radical (unpaired) electrons. The molecule has 98 heavy (non-hydrogen) atoms. The molecule has 0 aromatic heterocycles. The summed E-state index contributed by atoms with van der Waals surface area (Å²) in [5.41, 5.74) is 24.5. The number of hydrogen-bond acceptors (Lipinski definition) is 11. The molecular weight excluding hydrogens is 1250 g/mol. The third-order valence-electron chi connectivity index (χ3n) is 24.6. The molecular formula is C83H93N4NaO9S. The van der Waals surface area contributed by atoms with Gasteiger partial charge >= 0.3 is 29.6 Å². The average Bonchev–Trinajstić information content (AvgIpc) is 1.32. The zero-order valence-corrected chi connectivity index (χ0v) is 59.8. The summed E-state index contributed by atoms with van der Waals surface area (Å²) in [6, 6.07) is 47.5. The number of phenolic OH excluding ortho intramolecular Hbond substituents is 1. The molecule has 7 aromatic rings. The average molecular weight is 1350 g/mol. The zero-order chi connectivity index (χ0) is 67.0. The van der Waals surface area contributed by atoms with Crippen LogP contribution in [0.2, 0.25) is 0 Å². The van der Waals surface area contributed by atoms with Gasteiger partial charge in [0.25, 0.3) is 0 Å². The molecule has 5 heterocycles. The van der Waals surface area contributed by atoms with Gasteiger partial charge in [0.2, 0.25) is 5.72 Å². The number of aliphatic imine (C=N–C) groups is 1. The summed E-state index contributed by atoms with van der Waals surface area (Å²) in [6.45, 7) is 2.81. The van der Waals surface area contributed by atoms with Crippen molar-refractivity contribution in [2.24, 2.45) is 51.5 Å². The molecule has 10 aliphatic rings. The van der Waals surface area contributed by atoms with Crippen molar-refractivity contribution in [3.63, 3.8) is 0 Å². The minimum atomic E-state index is -4.98. The van der Waals surface area contributed by atoms with E-state index in [1.54, 1.807) is 12.1 Å². The summed E-state index contributed by atoms with van der Waals surface area (Å²) >= 11 is 0. The van der Waals surface area contributed by atoms with E-state index in [0.29, 0.717) is 74.7 Å². The van der Waals surface area contributed by atoms with Gasteiger partial charge in [-0.1, -0.05) is 147 Å². The van der Waals surface area contributed by atoms with E-state index in [0.717, 1.165) is 102 Å². The van der Waals surface area contributed by atoms with Crippen LogP contribution in [0.15, 0.2) is 156 Å². The van der Waals surface area contributed by atoms with Crippen LogP contribution in [0.5, 0.6) is 11.5 Å². The van der Waals surface area contributed by atoms with E-state index < -0.39 is 56.7 Å². The second kappa shape index (κ2) is 27.9. The second-order valence-corrected chi connectivity index (χ2v) is 32.2. The molecule has 10 bridgehead atoms. The van der Waals surface area contributed by atoms with Crippen molar-refractivity contribution in [3.05, 3.63) is 224 Å². The van der Waals surface area contributed by atoms with Gasteiger partial charge in [-0.2, -0.15) is 0 Å². The van der Waals surface area contributed by atoms with Crippen LogP contribution in [0.1, 0.15) is 199 Å². The number of guanidine groups is 1. The number of aromatic hydroxyl groups is 1. The van der Waals surface area contributed by atoms with E-state index in [4.69, 9.17) is 25.9 Å². The summed E-state index contributed by atoms with van der Waals surface area (Å²) in [5.74, 6) is 4.65. The number of hydrogen-bond donors (Lipinski definition) is 7.